The molecule has 0 aromatic heterocycles. The van der Waals surface area contributed by atoms with Gasteiger partial charge in [-0.1, -0.05) is 0 Å². The van der Waals surface area contributed by atoms with E-state index in [4.69, 9.17) is 0 Å². The summed E-state index contributed by atoms with van der Waals surface area (Å²) in [7, 11) is 1.98. The van der Waals surface area contributed by atoms with Crippen molar-refractivity contribution >= 4 is 5.78 Å². The first-order valence-electron chi connectivity index (χ1n) is 3.13. The van der Waals surface area contributed by atoms with E-state index in [0.717, 1.165) is 0 Å². The van der Waals surface area contributed by atoms with E-state index < -0.39 is 0 Å². The summed E-state index contributed by atoms with van der Waals surface area (Å²) in [5.41, 5.74) is 0. The quantitative estimate of drug-likeness (QED) is 0.477. The van der Waals surface area contributed by atoms with Crippen LogP contribution >= 0.6 is 0 Å². The SMILES string of the molecule is C[C@H]1CC(=O)C=CN1C. The van der Waals surface area contributed by atoms with Gasteiger partial charge in [0, 0.05) is 25.7 Å². The van der Waals surface area contributed by atoms with E-state index in [9.17, 15) is 4.79 Å². The minimum absolute atomic E-state index is 0.237. The molecule has 0 aromatic rings. The maximum atomic E-state index is 10.7. The number of carbonyl (C=O) groups is 1. The molecule has 0 unspecified atom stereocenters. The van der Waals surface area contributed by atoms with Crippen LogP contribution in [0.3, 0.4) is 0 Å². The molecule has 0 N–H and O–H groups in total. The minimum Gasteiger partial charge on any atom is -0.377 e. The van der Waals surface area contributed by atoms with Gasteiger partial charge in [0.1, 0.15) is 0 Å². The number of hydrogen-bond acceptors (Lipinski definition) is 2. The van der Waals surface area contributed by atoms with Crippen molar-refractivity contribution < 1.29 is 4.79 Å². The second-order valence-electron chi connectivity index (χ2n) is 2.50. The lowest BCUT2D eigenvalue weighted by Crippen LogP contribution is -2.29. The van der Waals surface area contributed by atoms with Crippen LogP contribution in [0.25, 0.3) is 0 Å². The van der Waals surface area contributed by atoms with Gasteiger partial charge in [-0.15, -0.1) is 0 Å². The van der Waals surface area contributed by atoms with Gasteiger partial charge in [0.05, 0.1) is 0 Å². The average Bonchev–Trinajstić information content (AvgIpc) is 1.80. The summed E-state index contributed by atoms with van der Waals surface area (Å²) in [6.07, 6.45) is 4.11. The Hall–Kier alpha value is -0.790. The van der Waals surface area contributed by atoms with E-state index >= 15 is 0 Å². The molecule has 0 aromatic carbocycles. The first kappa shape index (κ1) is 6.33. The van der Waals surface area contributed by atoms with Crippen molar-refractivity contribution in [1.29, 1.82) is 0 Å². The Balaban J connectivity index is 2.65. The zero-order valence-electron chi connectivity index (χ0n) is 5.79. The largest absolute Gasteiger partial charge is 0.377 e. The number of rotatable bonds is 0. The lowest BCUT2D eigenvalue weighted by molar-refractivity contribution is -0.116. The van der Waals surface area contributed by atoms with Gasteiger partial charge in [-0.25, -0.2) is 0 Å². The first-order valence-corrected chi connectivity index (χ1v) is 3.13. The monoisotopic (exact) mass is 125 g/mol. The molecule has 2 heteroatoms. The molecule has 1 heterocycles. The van der Waals surface area contributed by atoms with Gasteiger partial charge in [-0.3, -0.25) is 4.79 Å². The summed E-state index contributed by atoms with van der Waals surface area (Å²) in [5, 5.41) is 0. The minimum atomic E-state index is 0.237. The molecule has 1 rings (SSSR count). The lowest BCUT2D eigenvalue weighted by atomic mass is 10.1. The fourth-order valence-corrected chi connectivity index (χ4v) is 0.851. The number of carbonyl (C=O) groups excluding carboxylic acids is 1. The summed E-state index contributed by atoms with van der Waals surface area (Å²) in [6.45, 7) is 2.04. The van der Waals surface area contributed by atoms with Crippen molar-refractivity contribution in [2.75, 3.05) is 7.05 Å². The molecule has 0 saturated heterocycles. The average molecular weight is 125 g/mol. The summed E-state index contributed by atoms with van der Waals surface area (Å²) >= 11 is 0. The molecule has 0 amide bonds. The summed E-state index contributed by atoms with van der Waals surface area (Å²) in [6, 6.07) is 0.377. The molecule has 2 nitrogen and oxygen atoms in total. The van der Waals surface area contributed by atoms with Crippen molar-refractivity contribution in [2.24, 2.45) is 0 Å². The van der Waals surface area contributed by atoms with Gasteiger partial charge in [0.15, 0.2) is 5.78 Å². The van der Waals surface area contributed by atoms with Gasteiger partial charge in [0.2, 0.25) is 0 Å². The smallest absolute Gasteiger partial charge is 0.159 e. The normalized spacial score (nSPS) is 27.1. The third-order valence-corrected chi connectivity index (χ3v) is 1.69. The summed E-state index contributed by atoms with van der Waals surface area (Å²) in [4.78, 5) is 12.7. The molecule has 0 spiro atoms. The fraction of sp³-hybridized carbons (Fsp3) is 0.571. The van der Waals surface area contributed by atoms with Crippen LogP contribution < -0.4 is 0 Å². The van der Waals surface area contributed by atoms with Gasteiger partial charge < -0.3 is 4.90 Å². The fourth-order valence-electron chi connectivity index (χ4n) is 0.851. The summed E-state index contributed by atoms with van der Waals surface area (Å²) < 4.78 is 0. The Morgan fingerprint density at radius 3 is 2.89 bits per heavy atom. The van der Waals surface area contributed by atoms with Crippen LogP contribution in [0, 0.1) is 0 Å². The number of nitrogens with zero attached hydrogens (tertiary/aromatic N) is 1. The van der Waals surface area contributed by atoms with Gasteiger partial charge in [0.25, 0.3) is 0 Å². The van der Waals surface area contributed by atoms with Gasteiger partial charge >= 0.3 is 0 Å². The zero-order chi connectivity index (χ0) is 6.85. The highest BCUT2D eigenvalue weighted by atomic mass is 16.1. The van der Waals surface area contributed by atoms with E-state index in [1.165, 1.54) is 0 Å². The van der Waals surface area contributed by atoms with E-state index in [-0.39, 0.29) is 5.78 Å². The highest BCUT2D eigenvalue weighted by Crippen LogP contribution is 2.07. The maximum Gasteiger partial charge on any atom is 0.159 e. The standard InChI is InChI=1S/C7H11NO/c1-6-5-7(9)3-4-8(6)2/h3-4,6H,5H2,1-2H3/t6-/m0/s1. The Bertz CT molecular complexity index is 151. The molecule has 50 valence electrons. The third-order valence-electron chi connectivity index (χ3n) is 1.69. The van der Waals surface area contributed by atoms with E-state index in [1.54, 1.807) is 6.08 Å². The molecule has 0 radical (unpaired) electrons. The van der Waals surface area contributed by atoms with Crippen molar-refractivity contribution in [3.63, 3.8) is 0 Å². The van der Waals surface area contributed by atoms with Crippen molar-refractivity contribution in [2.45, 2.75) is 19.4 Å². The molecule has 1 aliphatic rings. The van der Waals surface area contributed by atoms with Crippen molar-refractivity contribution in [3.8, 4) is 0 Å². The van der Waals surface area contributed by atoms with E-state index in [1.807, 2.05) is 25.1 Å². The number of allylic oxidation sites excluding steroid dienone is 1. The molecule has 1 atom stereocenters. The Morgan fingerprint density at radius 1 is 1.78 bits per heavy atom. The molecular weight excluding hydrogens is 114 g/mol. The van der Waals surface area contributed by atoms with Crippen LogP contribution in [0.2, 0.25) is 0 Å². The molecule has 0 aliphatic carbocycles. The lowest BCUT2D eigenvalue weighted by Gasteiger charge is -2.24. The third kappa shape index (κ3) is 1.31. The maximum absolute atomic E-state index is 10.7. The van der Waals surface area contributed by atoms with Crippen LogP contribution in [-0.4, -0.2) is 23.8 Å². The first-order chi connectivity index (χ1) is 4.20. The number of ketones is 1. The highest BCUT2D eigenvalue weighted by molar-refractivity contribution is 5.90. The van der Waals surface area contributed by atoms with Crippen LogP contribution in [0.15, 0.2) is 12.3 Å². The van der Waals surface area contributed by atoms with Gasteiger partial charge in [-0.05, 0) is 13.0 Å². The Morgan fingerprint density at radius 2 is 2.44 bits per heavy atom. The van der Waals surface area contributed by atoms with Crippen LogP contribution in [0.4, 0.5) is 0 Å². The highest BCUT2D eigenvalue weighted by Gasteiger charge is 2.13. The van der Waals surface area contributed by atoms with Crippen LogP contribution in [0.5, 0.6) is 0 Å². The topological polar surface area (TPSA) is 20.3 Å². The predicted molar refractivity (Wildman–Crippen MR) is 36.0 cm³/mol. The van der Waals surface area contributed by atoms with Crippen molar-refractivity contribution in [1.82, 2.24) is 4.90 Å². The van der Waals surface area contributed by atoms with E-state index in [0.29, 0.717) is 12.5 Å². The zero-order valence-corrected chi connectivity index (χ0v) is 5.79. The molecule has 9 heavy (non-hydrogen) atoms. The predicted octanol–water partition coefficient (Wildman–Crippen LogP) is 0.793. The number of hydrogen-bond donors (Lipinski definition) is 0. The van der Waals surface area contributed by atoms with Crippen LogP contribution in [0.1, 0.15) is 13.3 Å². The van der Waals surface area contributed by atoms with Crippen LogP contribution in [-0.2, 0) is 4.79 Å². The Labute approximate surface area is 55.2 Å². The Kier molecular flexibility index (Phi) is 1.56. The molecular formula is C7H11NO. The molecule has 0 fully saturated rings. The molecule has 0 saturated carbocycles. The summed E-state index contributed by atoms with van der Waals surface area (Å²) in [5.74, 6) is 0.237. The van der Waals surface area contributed by atoms with Crippen molar-refractivity contribution in [3.05, 3.63) is 12.3 Å². The van der Waals surface area contributed by atoms with Gasteiger partial charge in [-0.2, -0.15) is 0 Å². The second-order valence-corrected chi connectivity index (χ2v) is 2.50. The molecule has 1 aliphatic heterocycles. The molecule has 0 bridgehead atoms. The van der Waals surface area contributed by atoms with E-state index in [2.05, 4.69) is 0 Å². The second kappa shape index (κ2) is 2.21.